The smallest absolute Gasteiger partial charge is 0.123 e. The van der Waals surface area contributed by atoms with Gasteiger partial charge in [0.1, 0.15) is 5.82 Å². The first-order valence-electron chi connectivity index (χ1n) is 4.12. The van der Waals surface area contributed by atoms with Crippen LogP contribution in [0.1, 0.15) is 30.5 Å². The maximum atomic E-state index is 5.86. The molecule has 1 rings (SSSR count). The first kappa shape index (κ1) is 9.00. The first-order valence-corrected chi connectivity index (χ1v) is 4.12. The zero-order valence-corrected chi connectivity index (χ0v) is 7.54. The van der Waals surface area contributed by atoms with E-state index in [0.717, 1.165) is 17.5 Å². The number of nitrogens with zero attached hydrogens (tertiary/aromatic N) is 1. The predicted octanol–water partition coefficient (Wildman–Crippen LogP) is 1.38. The zero-order chi connectivity index (χ0) is 9.14. The second-order valence-corrected chi connectivity index (χ2v) is 2.98. The minimum Gasteiger partial charge on any atom is -0.384 e. The molecule has 4 N–H and O–H groups in total. The summed E-state index contributed by atoms with van der Waals surface area (Å²) in [5.41, 5.74) is 13.6. The fraction of sp³-hybridized carbons (Fsp3) is 0.444. The van der Waals surface area contributed by atoms with E-state index in [1.54, 1.807) is 6.20 Å². The number of nitrogens with two attached hydrogens (primary N) is 2. The van der Waals surface area contributed by atoms with Crippen LogP contribution >= 0.6 is 0 Å². The lowest BCUT2D eigenvalue weighted by Gasteiger charge is -2.11. The Labute approximate surface area is 72.8 Å². The highest BCUT2D eigenvalue weighted by Gasteiger charge is 2.06. The van der Waals surface area contributed by atoms with Gasteiger partial charge in [0.05, 0.1) is 0 Å². The van der Waals surface area contributed by atoms with Crippen molar-refractivity contribution in [2.24, 2.45) is 5.73 Å². The van der Waals surface area contributed by atoms with Crippen LogP contribution in [-0.4, -0.2) is 4.98 Å². The van der Waals surface area contributed by atoms with Crippen molar-refractivity contribution in [2.75, 3.05) is 5.73 Å². The normalized spacial score (nSPS) is 12.9. The maximum absolute atomic E-state index is 5.86. The molecule has 0 fully saturated rings. The topological polar surface area (TPSA) is 64.9 Å². The van der Waals surface area contributed by atoms with Crippen LogP contribution in [0.4, 0.5) is 5.82 Å². The van der Waals surface area contributed by atoms with Gasteiger partial charge in [0.25, 0.3) is 0 Å². The number of pyridine rings is 1. The van der Waals surface area contributed by atoms with E-state index >= 15 is 0 Å². The average molecular weight is 165 g/mol. The van der Waals surface area contributed by atoms with Gasteiger partial charge < -0.3 is 11.5 Å². The average Bonchev–Trinajstić information content (AvgIpc) is 2.03. The molecule has 0 aliphatic carbocycles. The molecule has 1 aromatic heterocycles. The van der Waals surface area contributed by atoms with E-state index in [-0.39, 0.29) is 6.04 Å². The second-order valence-electron chi connectivity index (χ2n) is 2.98. The minimum absolute atomic E-state index is 0.0816. The summed E-state index contributed by atoms with van der Waals surface area (Å²) < 4.78 is 0. The predicted molar refractivity (Wildman–Crippen MR) is 50.6 cm³/mol. The van der Waals surface area contributed by atoms with Gasteiger partial charge in [-0.3, -0.25) is 0 Å². The molecule has 12 heavy (non-hydrogen) atoms. The Bertz CT molecular complexity index is 270. The fourth-order valence-corrected chi connectivity index (χ4v) is 1.20. The maximum Gasteiger partial charge on any atom is 0.123 e. The Morgan fingerprint density at radius 2 is 2.25 bits per heavy atom. The summed E-state index contributed by atoms with van der Waals surface area (Å²) in [6, 6.07) is 1.93. The molecule has 0 aliphatic heterocycles. The van der Waals surface area contributed by atoms with Crippen LogP contribution in [0.15, 0.2) is 12.3 Å². The lowest BCUT2D eigenvalue weighted by molar-refractivity contribution is 0.690. The molecule has 0 spiro atoms. The molecule has 1 atom stereocenters. The molecule has 0 aliphatic rings. The van der Waals surface area contributed by atoms with Crippen LogP contribution in [0, 0.1) is 6.92 Å². The van der Waals surface area contributed by atoms with Crippen molar-refractivity contribution in [2.45, 2.75) is 26.3 Å². The molecule has 3 heteroatoms. The van der Waals surface area contributed by atoms with Gasteiger partial charge in [-0.2, -0.15) is 0 Å². The highest BCUT2D eigenvalue weighted by molar-refractivity contribution is 5.37. The highest BCUT2D eigenvalue weighted by Crippen LogP contribution is 2.18. The van der Waals surface area contributed by atoms with Crippen molar-refractivity contribution in [3.8, 4) is 0 Å². The van der Waals surface area contributed by atoms with E-state index in [1.807, 2.05) is 13.0 Å². The molecule has 0 radical (unpaired) electrons. The standard InChI is InChI=1S/C9H15N3/c1-3-8(10)7-5-12-9(11)4-6(7)2/h4-5,8H,3,10H2,1-2H3,(H2,11,12)/t8-/m1/s1. The number of hydrogen-bond acceptors (Lipinski definition) is 3. The van der Waals surface area contributed by atoms with Crippen molar-refractivity contribution < 1.29 is 0 Å². The van der Waals surface area contributed by atoms with Crippen LogP contribution in [0.3, 0.4) is 0 Å². The van der Waals surface area contributed by atoms with Crippen LogP contribution in [0.2, 0.25) is 0 Å². The van der Waals surface area contributed by atoms with Crippen molar-refractivity contribution in [3.05, 3.63) is 23.4 Å². The quantitative estimate of drug-likeness (QED) is 0.695. The zero-order valence-electron chi connectivity index (χ0n) is 7.54. The van der Waals surface area contributed by atoms with E-state index in [0.29, 0.717) is 5.82 Å². The van der Waals surface area contributed by atoms with E-state index < -0.39 is 0 Å². The summed E-state index contributed by atoms with van der Waals surface area (Å²) in [5, 5.41) is 0. The summed E-state index contributed by atoms with van der Waals surface area (Å²) in [7, 11) is 0. The number of hydrogen-bond donors (Lipinski definition) is 2. The summed E-state index contributed by atoms with van der Waals surface area (Å²) in [4.78, 5) is 4.01. The number of aryl methyl sites for hydroxylation is 1. The van der Waals surface area contributed by atoms with Gasteiger partial charge in [-0.15, -0.1) is 0 Å². The van der Waals surface area contributed by atoms with E-state index in [9.17, 15) is 0 Å². The number of rotatable bonds is 2. The molecular formula is C9H15N3. The first-order chi connectivity index (χ1) is 5.65. The van der Waals surface area contributed by atoms with Gasteiger partial charge in [-0.1, -0.05) is 6.92 Å². The molecule has 0 aromatic carbocycles. The molecule has 1 aromatic rings. The molecule has 0 amide bonds. The SMILES string of the molecule is CC[C@@H](N)c1cnc(N)cc1C. The number of aromatic nitrogens is 1. The van der Waals surface area contributed by atoms with Crippen LogP contribution in [0.25, 0.3) is 0 Å². The van der Waals surface area contributed by atoms with Crippen molar-refractivity contribution in [1.82, 2.24) is 4.98 Å². The van der Waals surface area contributed by atoms with Crippen LogP contribution in [0.5, 0.6) is 0 Å². The summed E-state index contributed by atoms with van der Waals surface area (Å²) >= 11 is 0. The van der Waals surface area contributed by atoms with Crippen LogP contribution in [-0.2, 0) is 0 Å². The van der Waals surface area contributed by atoms with Crippen LogP contribution < -0.4 is 11.5 Å². The molecule has 0 bridgehead atoms. The van der Waals surface area contributed by atoms with E-state index in [4.69, 9.17) is 11.5 Å². The Kier molecular flexibility index (Phi) is 2.65. The van der Waals surface area contributed by atoms with Crippen molar-refractivity contribution in [3.63, 3.8) is 0 Å². The summed E-state index contributed by atoms with van der Waals surface area (Å²) in [6.45, 7) is 4.06. The molecule has 1 heterocycles. The van der Waals surface area contributed by atoms with Gasteiger partial charge in [0.2, 0.25) is 0 Å². The summed E-state index contributed by atoms with van der Waals surface area (Å²) in [6.07, 6.45) is 2.69. The van der Waals surface area contributed by atoms with Gasteiger partial charge in [-0.05, 0) is 30.5 Å². The Hall–Kier alpha value is -1.09. The monoisotopic (exact) mass is 165 g/mol. The van der Waals surface area contributed by atoms with E-state index in [1.165, 1.54) is 0 Å². The number of anilines is 1. The van der Waals surface area contributed by atoms with E-state index in [2.05, 4.69) is 11.9 Å². The van der Waals surface area contributed by atoms with Crippen molar-refractivity contribution >= 4 is 5.82 Å². The lowest BCUT2D eigenvalue weighted by Crippen LogP contribution is -2.11. The highest BCUT2D eigenvalue weighted by atomic mass is 14.8. The largest absolute Gasteiger partial charge is 0.384 e. The third kappa shape index (κ3) is 1.74. The van der Waals surface area contributed by atoms with Gasteiger partial charge >= 0.3 is 0 Å². The summed E-state index contributed by atoms with van der Waals surface area (Å²) in [5.74, 6) is 0.555. The fourth-order valence-electron chi connectivity index (χ4n) is 1.20. The third-order valence-corrected chi connectivity index (χ3v) is 2.01. The Morgan fingerprint density at radius 3 is 2.75 bits per heavy atom. The molecule has 66 valence electrons. The van der Waals surface area contributed by atoms with Gasteiger partial charge in [0, 0.05) is 12.2 Å². The second kappa shape index (κ2) is 3.54. The molecule has 0 unspecified atom stereocenters. The van der Waals surface area contributed by atoms with Crippen molar-refractivity contribution in [1.29, 1.82) is 0 Å². The molecule has 0 saturated carbocycles. The Morgan fingerprint density at radius 1 is 1.58 bits per heavy atom. The molecule has 0 saturated heterocycles. The minimum atomic E-state index is 0.0816. The van der Waals surface area contributed by atoms with Gasteiger partial charge in [-0.25, -0.2) is 4.98 Å². The number of nitrogen functional groups attached to an aromatic ring is 1. The Balaban J connectivity index is 3.01. The molecular weight excluding hydrogens is 150 g/mol. The lowest BCUT2D eigenvalue weighted by atomic mass is 10.0. The van der Waals surface area contributed by atoms with Gasteiger partial charge in [0.15, 0.2) is 0 Å². The molecule has 3 nitrogen and oxygen atoms in total. The third-order valence-electron chi connectivity index (χ3n) is 2.01.